The fraction of sp³-hybridized carbons (Fsp3) is 0.556. The number of benzene rings is 1. The summed E-state index contributed by atoms with van der Waals surface area (Å²) in [7, 11) is 0. The fourth-order valence-electron chi connectivity index (χ4n) is 3.05. The minimum absolute atomic E-state index is 0.216. The Hall–Kier alpha value is -2.04. The van der Waals surface area contributed by atoms with Crippen LogP contribution in [0.1, 0.15) is 38.2 Å². The van der Waals surface area contributed by atoms with Crippen molar-refractivity contribution in [2.24, 2.45) is 11.8 Å². The van der Waals surface area contributed by atoms with Crippen LogP contribution >= 0.6 is 0 Å². The van der Waals surface area contributed by atoms with Gasteiger partial charge in [0.15, 0.2) is 0 Å². The molecule has 0 bridgehead atoms. The summed E-state index contributed by atoms with van der Waals surface area (Å²) in [5, 5.41) is 9.03. The number of aliphatic carboxylic acids is 1. The molecule has 1 N–H and O–H groups in total. The van der Waals surface area contributed by atoms with E-state index in [1.807, 2.05) is 37.3 Å². The molecule has 0 radical (unpaired) electrons. The molecule has 1 saturated carbocycles. The van der Waals surface area contributed by atoms with Crippen LogP contribution in [0, 0.1) is 11.8 Å². The van der Waals surface area contributed by atoms with E-state index >= 15 is 0 Å². The maximum atomic E-state index is 12.2. The maximum absolute atomic E-state index is 12.2. The SMILES string of the molecule is CCN(CC1CCC(C(=O)O)CC1)C(=O)OCc1ccccc1. The molecule has 0 unspecified atom stereocenters. The minimum Gasteiger partial charge on any atom is -0.481 e. The number of hydrogen-bond acceptors (Lipinski definition) is 3. The van der Waals surface area contributed by atoms with E-state index in [0.717, 1.165) is 18.4 Å². The lowest BCUT2D eigenvalue weighted by atomic mass is 9.82. The van der Waals surface area contributed by atoms with Crippen LogP contribution in [0.5, 0.6) is 0 Å². The molecule has 1 amide bonds. The molecule has 1 fully saturated rings. The molecule has 1 aliphatic carbocycles. The van der Waals surface area contributed by atoms with Crippen molar-refractivity contribution in [3.63, 3.8) is 0 Å². The van der Waals surface area contributed by atoms with Crippen LogP contribution in [0.3, 0.4) is 0 Å². The first-order chi connectivity index (χ1) is 11.1. The van der Waals surface area contributed by atoms with Gasteiger partial charge in [-0.15, -0.1) is 0 Å². The molecule has 2 rings (SSSR count). The number of carboxylic acids is 1. The van der Waals surface area contributed by atoms with Crippen molar-refractivity contribution in [3.8, 4) is 0 Å². The highest BCUT2D eigenvalue weighted by Crippen LogP contribution is 2.29. The third kappa shape index (κ3) is 5.27. The Bertz CT molecular complexity index is 509. The van der Waals surface area contributed by atoms with E-state index in [-0.39, 0.29) is 18.6 Å². The topological polar surface area (TPSA) is 66.8 Å². The molecule has 5 heteroatoms. The van der Waals surface area contributed by atoms with Crippen molar-refractivity contribution in [1.82, 2.24) is 4.90 Å². The van der Waals surface area contributed by atoms with Crippen LogP contribution in [-0.4, -0.2) is 35.2 Å². The van der Waals surface area contributed by atoms with E-state index < -0.39 is 5.97 Å². The van der Waals surface area contributed by atoms with Gasteiger partial charge in [-0.1, -0.05) is 30.3 Å². The largest absolute Gasteiger partial charge is 0.481 e. The normalized spacial score (nSPS) is 20.7. The molecule has 5 nitrogen and oxygen atoms in total. The van der Waals surface area contributed by atoms with Gasteiger partial charge in [-0.3, -0.25) is 4.79 Å². The Kier molecular flexibility index (Phi) is 6.44. The molecule has 0 atom stereocenters. The number of hydrogen-bond donors (Lipinski definition) is 1. The first-order valence-corrected chi connectivity index (χ1v) is 8.28. The van der Waals surface area contributed by atoms with E-state index in [1.54, 1.807) is 4.90 Å². The van der Waals surface area contributed by atoms with Crippen LogP contribution in [0.15, 0.2) is 30.3 Å². The highest BCUT2D eigenvalue weighted by Gasteiger charge is 2.28. The molecule has 1 aromatic rings. The van der Waals surface area contributed by atoms with Crippen molar-refractivity contribution in [1.29, 1.82) is 0 Å². The molecule has 0 saturated heterocycles. The summed E-state index contributed by atoms with van der Waals surface area (Å²) < 4.78 is 5.37. The zero-order valence-corrected chi connectivity index (χ0v) is 13.6. The van der Waals surface area contributed by atoms with Gasteiger partial charge in [-0.25, -0.2) is 4.79 Å². The van der Waals surface area contributed by atoms with Crippen LogP contribution in [0.4, 0.5) is 4.79 Å². The quantitative estimate of drug-likeness (QED) is 0.871. The van der Waals surface area contributed by atoms with Crippen molar-refractivity contribution < 1.29 is 19.4 Å². The van der Waals surface area contributed by atoms with E-state index in [4.69, 9.17) is 9.84 Å². The second-order valence-electron chi connectivity index (χ2n) is 6.13. The summed E-state index contributed by atoms with van der Waals surface area (Å²) in [6.45, 7) is 3.47. The summed E-state index contributed by atoms with van der Waals surface area (Å²) in [4.78, 5) is 24.9. The molecule has 1 aliphatic rings. The third-order valence-corrected chi connectivity index (χ3v) is 4.52. The Labute approximate surface area is 137 Å². The predicted octanol–water partition coefficient (Wildman–Crippen LogP) is 3.54. The van der Waals surface area contributed by atoms with Gasteiger partial charge < -0.3 is 14.7 Å². The maximum Gasteiger partial charge on any atom is 0.410 e. The lowest BCUT2D eigenvalue weighted by Crippen LogP contribution is -2.37. The zero-order valence-electron chi connectivity index (χ0n) is 13.6. The highest BCUT2D eigenvalue weighted by molar-refractivity contribution is 5.70. The Morgan fingerprint density at radius 2 is 1.83 bits per heavy atom. The van der Waals surface area contributed by atoms with Crippen molar-refractivity contribution in [2.45, 2.75) is 39.2 Å². The van der Waals surface area contributed by atoms with Gasteiger partial charge in [0.1, 0.15) is 6.61 Å². The summed E-state index contributed by atoms with van der Waals surface area (Å²) in [6.07, 6.45) is 2.84. The molecular formula is C18H25NO4. The number of ether oxygens (including phenoxy) is 1. The van der Waals surface area contributed by atoms with E-state index in [1.165, 1.54) is 0 Å². The standard InChI is InChI=1S/C18H25NO4/c1-2-19(12-14-8-10-16(11-9-14)17(20)21)18(22)23-13-15-6-4-3-5-7-15/h3-7,14,16H,2,8-13H2,1H3,(H,20,21). The second-order valence-corrected chi connectivity index (χ2v) is 6.13. The fourth-order valence-corrected chi connectivity index (χ4v) is 3.05. The summed E-state index contributed by atoms with van der Waals surface area (Å²) >= 11 is 0. The summed E-state index contributed by atoms with van der Waals surface area (Å²) in [6, 6.07) is 9.62. The number of nitrogens with zero attached hydrogens (tertiary/aromatic N) is 1. The number of carbonyl (C=O) groups excluding carboxylic acids is 1. The molecule has 0 aromatic heterocycles. The average Bonchev–Trinajstić information content (AvgIpc) is 2.59. The van der Waals surface area contributed by atoms with Crippen LogP contribution in [0.2, 0.25) is 0 Å². The number of carboxylic acid groups (broad SMARTS) is 1. The first-order valence-electron chi connectivity index (χ1n) is 8.28. The molecule has 1 aromatic carbocycles. The van der Waals surface area contributed by atoms with Crippen molar-refractivity contribution in [3.05, 3.63) is 35.9 Å². The lowest BCUT2D eigenvalue weighted by Gasteiger charge is -2.30. The van der Waals surface area contributed by atoms with E-state index in [2.05, 4.69) is 0 Å². The van der Waals surface area contributed by atoms with Gasteiger partial charge in [0.2, 0.25) is 0 Å². The Balaban J connectivity index is 1.78. The predicted molar refractivity (Wildman–Crippen MR) is 87.0 cm³/mol. The Morgan fingerprint density at radius 1 is 1.17 bits per heavy atom. The van der Waals surface area contributed by atoms with Gasteiger partial charge in [0.25, 0.3) is 0 Å². The van der Waals surface area contributed by atoms with E-state index in [9.17, 15) is 9.59 Å². The molecule has 23 heavy (non-hydrogen) atoms. The second kappa shape index (κ2) is 8.56. The average molecular weight is 319 g/mol. The van der Waals surface area contributed by atoms with Gasteiger partial charge in [-0.2, -0.15) is 0 Å². The molecule has 0 aliphatic heterocycles. The summed E-state index contributed by atoms with van der Waals surface area (Å²) in [5.74, 6) is -0.542. The van der Waals surface area contributed by atoms with Crippen LogP contribution in [0.25, 0.3) is 0 Å². The van der Waals surface area contributed by atoms with Crippen molar-refractivity contribution in [2.75, 3.05) is 13.1 Å². The molecular weight excluding hydrogens is 294 g/mol. The van der Waals surface area contributed by atoms with Gasteiger partial charge >= 0.3 is 12.1 Å². The smallest absolute Gasteiger partial charge is 0.410 e. The van der Waals surface area contributed by atoms with E-state index in [0.29, 0.717) is 31.8 Å². The zero-order chi connectivity index (χ0) is 16.7. The van der Waals surface area contributed by atoms with Crippen molar-refractivity contribution >= 4 is 12.1 Å². The first kappa shape index (κ1) is 17.3. The number of carbonyl (C=O) groups is 2. The minimum atomic E-state index is -0.696. The van der Waals surface area contributed by atoms with Gasteiger partial charge in [-0.05, 0) is 44.1 Å². The molecule has 0 heterocycles. The monoisotopic (exact) mass is 319 g/mol. The van der Waals surface area contributed by atoms with Gasteiger partial charge in [0.05, 0.1) is 5.92 Å². The number of rotatable bonds is 6. The van der Waals surface area contributed by atoms with Gasteiger partial charge in [0, 0.05) is 13.1 Å². The molecule has 126 valence electrons. The number of amides is 1. The summed E-state index contributed by atoms with van der Waals surface area (Å²) in [5.41, 5.74) is 0.971. The molecule has 0 spiro atoms. The van der Waals surface area contributed by atoms with Crippen LogP contribution in [-0.2, 0) is 16.1 Å². The lowest BCUT2D eigenvalue weighted by molar-refractivity contribution is -0.143. The Morgan fingerprint density at radius 3 is 2.39 bits per heavy atom. The third-order valence-electron chi connectivity index (χ3n) is 4.52. The highest BCUT2D eigenvalue weighted by atomic mass is 16.6. The van der Waals surface area contributed by atoms with Crippen LogP contribution < -0.4 is 0 Å².